The number of fused-ring (bicyclic) bond motifs is 1. The molecule has 1 aliphatic carbocycles. The Balaban J connectivity index is 1.94. The van der Waals surface area contributed by atoms with Crippen molar-refractivity contribution in [3.63, 3.8) is 0 Å². The molecule has 2 unspecified atom stereocenters. The van der Waals surface area contributed by atoms with E-state index in [1.54, 1.807) is 4.31 Å². The van der Waals surface area contributed by atoms with Crippen LogP contribution in [0.1, 0.15) is 25.7 Å². The lowest BCUT2D eigenvalue weighted by atomic mass is 9.91. The second-order valence-corrected chi connectivity index (χ2v) is 6.88. The van der Waals surface area contributed by atoms with Crippen LogP contribution in [0.3, 0.4) is 0 Å². The molecule has 2 heterocycles. The van der Waals surface area contributed by atoms with E-state index < -0.39 is 10.0 Å². The number of nitrogens with one attached hydrogen (secondary N) is 1. The Hall–Kier alpha value is -1.12. The molecule has 1 aliphatic heterocycles. The van der Waals surface area contributed by atoms with Crippen LogP contribution in [-0.4, -0.2) is 48.2 Å². The third kappa shape index (κ3) is 2.13. The molecule has 106 valence electrons. The minimum absolute atomic E-state index is 0.0189. The molecule has 19 heavy (non-hydrogen) atoms. The molecule has 0 radical (unpaired) electrons. The fraction of sp³-hybridized carbons (Fsp3) is 0.727. The smallest absolute Gasteiger partial charge is 0.248 e. The van der Waals surface area contributed by atoms with Crippen LogP contribution in [0.2, 0.25) is 0 Å². The number of nitrogens with zero attached hydrogens (tertiary/aromatic N) is 2. The predicted octanol–water partition coefficient (Wildman–Crippen LogP) is 0.324. The highest BCUT2D eigenvalue weighted by molar-refractivity contribution is 7.89. The van der Waals surface area contributed by atoms with Gasteiger partial charge in [0.25, 0.3) is 0 Å². The molecule has 3 rings (SSSR count). The van der Waals surface area contributed by atoms with Crippen molar-refractivity contribution in [1.82, 2.24) is 14.5 Å². The van der Waals surface area contributed by atoms with Crippen molar-refractivity contribution in [2.45, 2.75) is 42.7 Å². The molecule has 7 nitrogen and oxygen atoms in total. The molecule has 0 amide bonds. The Morgan fingerprint density at radius 1 is 1.42 bits per heavy atom. The zero-order valence-corrected chi connectivity index (χ0v) is 11.4. The van der Waals surface area contributed by atoms with Gasteiger partial charge < -0.3 is 10.5 Å². The first-order valence-electron chi connectivity index (χ1n) is 6.53. The molecule has 1 saturated heterocycles. The van der Waals surface area contributed by atoms with Gasteiger partial charge in [0.2, 0.25) is 10.0 Å². The molecule has 1 saturated carbocycles. The molecule has 0 bridgehead atoms. The predicted molar refractivity (Wildman–Crippen MR) is 68.9 cm³/mol. The largest absolute Gasteiger partial charge is 0.383 e. The van der Waals surface area contributed by atoms with Crippen LogP contribution in [0.25, 0.3) is 0 Å². The van der Waals surface area contributed by atoms with Crippen molar-refractivity contribution >= 4 is 15.8 Å². The highest BCUT2D eigenvalue weighted by Crippen LogP contribution is 2.33. The first kappa shape index (κ1) is 12.9. The lowest BCUT2D eigenvalue weighted by Crippen LogP contribution is -2.54. The number of ether oxygens (including phenoxy) is 1. The van der Waals surface area contributed by atoms with Gasteiger partial charge in [-0.15, -0.1) is 0 Å². The Morgan fingerprint density at radius 2 is 2.21 bits per heavy atom. The van der Waals surface area contributed by atoms with Crippen LogP contribution >= 0.6 is 0 Å². The fourth-order valence-electron chi connectivity index (χ4n) is 2.98. The monoisotopic (exact) mass is 286 g/mol. The number of aromatic amines is 1. The third-order valence-corrected chi connectivity index (χ3v) is 5.85. The summed E-state index contributed by atoms with van der Waals surface area (Å²) in [6.07, 6.45) is 5.21. The highest BCUT2D eigenvalue weighted by atomic mass is 32.2. The van der Waals surface area contributed by atoms with E-state index in [-0.39, 0.29) is 22.9 Å². The van der Waals surface area contributed by atoms with E-state index in [4.69, 9.17) is 10.5 Å². The van der Waals surface area contributed by atoms with Crippen molar-refractivity contribution < 1.29 is 13.2 Å². The van der Waals surface area contributed by atoms with Gasteiger partial charge in [-0.1, -0.05) is 12.8 Å². The van der Waals surface area contributed by atoms with Gasteiger partial charge in [-0.05, 0) is 12.8 Å². The van der Waals surface area contributed by atoms with Crippen LogP contribution < -0.4 is 5.73 Å². The van der Waals surface area contributed by atoms with E-state index >= 15 is 0 Å². The summed E-state index contributed by atoms with van der Waals surface area (Å²) in [6.45, 7) is 0.826. The Labute approximate surface area is 112 Å². The van der Waals surface area contributed by atoms with Gasteiger partial charge >= 0.3 is 0 Å². The minimum atomic E-state index is -3.59. The summed E-state index contributed by atoms with van der Waals surface area (Å²) in [5.41, 5.74) is 5.65. The van der Waals surface area contributed by atoms with E-state index in [0.717, 1.165) is 25.7 Å². The number of nitrogen functional groups attached to an aromatic ring is 1. The van der Waals surface area contributed by atoms with Crippen molar-refractivity contribution in [2.75, 3.05) is 18.9 Å². The SMILES string of the molecule is Nc1[nH]ncc1S(=O)(=O)N1CCOC2CCCCC21. The van der Waals surface area contributed by atoms with Gasteiger partial charge in [0.05, 0.1) is 24.9 Å². The van der Waals surface area contributed by atoms with Crippen molar-refractivity contribution in [1.29, 1.82) is 0 Å². The van der Waals surface area contributed by atoms with Crippen LogP contribution in [0.15, 0.2) is 11.1 Å². The number of sulfonamides is 1. The van der Waals surface area contributed by atoms with Gasteiger partial charge in [0.1, 0.15) is 10.7 Å². The number of H-pyrrole nitrogens is 1. The Bertz CT molecular complexity index is 554. The van der Waals surface area contributed by atoms with Gasteiger partial charge in [0, 0.05) is 6.54 Å². The molecule has 1 aromatic heterocycles. The minimum Gasteiger partial charge on any atom is -0.383 e. The Morgan fingerprint density at radius 3 is 2.95 bits per heavy atom. The quantitative estimate of drug-likeness (QED) is 0.815. The molecule has 2 atom stereocenters. The van der Waals surface area contributed by atoms with Crippen LogP contribution in [-0.2, 0) is 14.8 Å². The van der Waals surface area contributed by atoms with Crippen molar-refractivity contribution in [3.8, 4) is 0 Å². The van der Waals surface area contributed by atoms with Crippen molar-refractivity contribution in [2.24, 2.45) is 0 Å². The normalized spacial score (nSPS) is 29.1. The molecule has 0 aromatic carbocycles. The van der Waals surface area contributed by atoms with E-state index in [1.165, 1.54) is 6.20 Å². The summed E-state index contributed by atoms with van der Waals surface area (Å²) >= 11 is 0. The molecule has 0 spiro atoms. The van der Waals surface area contributed by atoms with E-state index in [2.05, 4.69) is 10.2 Å². The van der Waals surface area contributed by atoms with E-state index in [0.29, 0.717) is 13.2 Å². The molecule has 2 fully saturated rings. The molecule has 8 heteroatoms. The van der Waals surface area contributed by atoms with Gasteiger partial charge in [-0.25, -0.2) is 8.42 Å². The average Bonchev–Trinajstić information content (AvgIpc) is 2.85. The van der Waals surface area contributed by atoms with Gasteiger partial charge in [-0.3, -0.25) is 5.10 Å². The summed E-state index contributed by atoms with van der Waals surface area (Å²) in [5.74, 6) is 0.0962. The zero-order valence-electron chi connectivity index (χ0n) is 10.6. The number of nitrogens with two attached hydrogens (primary N) is 1. The zero-order chi connectivity index (χ0) is 13.5. The van der Waals surface area contributed by atoms with E-state index in [9.17, 15) is 8.42 Å². The number of morpholine rings is 1. The first-order valence-corrected chi connectivity index (χ1v) is 7.97. The van der Waals surface area contributed by atoms with Crippen LogP contribution in [0, 0.1) is 0 Å². The average molecular weight is 286 g/mol. The number of hydrogen-bond donors (Lipinski definition) is 2. The maximum absolute atomic E-state index is 12.7. The highest BCUT2D eigenvalue weighted by Gasteiger charge is 2.41. The standard InChI is InChI=1S/C11H18N4O3S/c12-11-10(7-13-14-11)19(16,17)15-5-6-18-9-4-2-1-3-8(9)15/h7-9H,1-6H2,(H3,12,13,14). The molecule has 3 N–H and O–H groups in total. The van der Waals surface area contributed by atoms with Crippen LogP contribution in [0.4, 0.5) is 5.82 Å². The van der Waals surface area contributed by atoms with E-state index in [1.807, 2.05) is 0 Å². The fourth-order valence-corrected chi connectivity index (χ4v) is 4.65. The summed E-state index contributed by atoms with van der Waals surface area (Å²) < 4.78 is 32.5. The third-order valence-electron chi connectivity index (χ3n) is 3.90. The maximum Gasteiger partial charge on any atom is 0.248 e. The summed E-state index contributed by atoms with van der Waals surface area (Å²) in [4.78, 5) is 0.0683. The van der Waals surface area contributed by atoms with Gasteiger partial charge in [-0.2, -0.15) is 9.40 Å². The first-order chi connectivity index (χ1) is 9.10. The summed E-state index contributed by atoms with van der Waals surface area (Å²) in [5, 5.41) is 6.18. The molecule has 1 aromatic rings. The second-order valence-electron chi connectivity index (χ2n) is 5.02. The maximum atomic E-state index is 12.7. The number of aromatic nitrogens is 2. The Kier molecular flexibility index (Phi) is 3.23. The van der Waals surface area contributed by atoms with Crippen molar-refractivity contribution in [3.05, 3.63) is 6.20 Å². The molecular formula is C11H18N4O3S. The van der Waals surface area contributed by atoms with Crippen LogP contribution in [0.5, 0.6) is 0 Å². The number of rotatable bonds is 2. The second kappa shape index (κ2) is 4.77. The van der Waals surface area contributed by atoms with Gasteiger partial charge in [0.15, 0.2) is 0 Å². The molecular weight excluding hydrogens is 268 g/mol. The number of hydrogen-bond acceptors (Lipinski definition) is 5. The molecule has 2 aliphatic rings. The lowest BCUT2D eigenvalue weighted by Gasteiger charge is -2.42. The summed E-state index contributed by atoms with van der Waals surface area (Å²) in [6, 6.07) is -0.0678. The lowest BCUT2D eigenvalue weighted by molar-refractivity contribution is -0.0586. The summed E-state index contributed by atoms with van der Waals surface area (Å²) in [7, 11) is -3.59. The topological polar surface area (TPSA) is 101 Å². The number of anilines is 1.